The number of nitriles is 1. The maximum absolute atomic E-state index is 12.4. The van der Waals surface area contributed by atoms with Crippen LogP contribution in [0.5, 0.6) is 5.75 Å². The van der Waals surface area contributed by atoms with Gasteiger partial charge in [0.1, 0.15) is 11.9 Å². The largest absolute Gasteiger partial charge is 0.480 e. The Morgan fingerprint density at radius 3 is 3.00 bits per heavy atom. The summed E-state index contributed by atoms with van der Waals surface area (Å²) in [6.45, 7) is 1.60. The van der Waals surface area contributed by atoms with E-state index in [2.05, 4.69) is 26.7 Å². The molecule has 1 fully saturated rings. The maximum Gasteiger partial charge on any atom is 0.415 e. The van der Waals surface area contributed by atoms with Crippen LogP contribution in [0.3, 0.4) is 0 Å². The molecule has 2 aliphatic rings. The van der Waals surface area contributed by atoms with Gasteiger partial charge in [-0.15, -0.1) is 0 Å². The van der Waals surface area contributed by atoms with E-state index in [1.54, 1.807) is 24.4 Å². The number of benzene rings is 1. The van der Waals surface area contributed by atoms with Crippen molar-refractivity contribution < 1.29 is 19.1 Å². The molecular weight excluding hydrogens is 448 g/mol. The number of carbonyl (C=O) groups is 2. The summed E-state index contributed by atoms with van der Waals surface area (Å²) in [5.74, 6) is 0.887. The van der Waals surface area contributed by atoms with E-state index < -0.39 is 6.09 Å². The number of hydrogen-bond donors (Lipinski definition) is 2. The molecule has 4 heterocycles. The van der Waals surface area contributed by atoms with Gasteiger partial charge in [0, 0.05) is 18.3 Å². The molecule has 2 amide bonds. The van der Waals surface area contributed by atoms with Gasteiger partial charge >= 0.3 is 6.09 Å². The molecule has 0 aliphatic carbocycles. The Kier molecular flexibility index (Phi) is 6.24. The van der Waals surface area contributed by atoms with Crippen LogP contribution in [0.2, 0.25) is 0 Å². The predicted molar refractivity (Wildman–Crippen MR) is 127 cm³/mol. The van der Waals surface area contributed by atoms with Gasteiger partial charge in [-0.2, -0.15) is 5.26 Å². The van der Waals surface area contributed by atoms with Crippen LogP contribution in [0, 0.1) is 11.3 Å². The summed E-state index contributed by atoms with van der Waals surface area (Å²) in [5.41, 5.74) is 3.35. The Morgan fingerprint density at radius 2 is 2.11 bits per heavy atom. The van der Waals surface area contributed by atoms with Crippen molar-refractivity contribution in [2.75, 3.05) is 29.9 Å². The number of ether oxygens (including phenoxy) is 2. The second-order valence-corrected chi connectivity index (χ2v) is 8.18. The monoisotopic (exact) mass is 470 g/mol. The van der Waals surface area contributed by atoms with E-state index >= 15 is 0 Å². The molecule has 1 atom stereocenters. The Bertz CT molecular complexity index is 1320. The fraction of sp³-hybridized carbons (Fsp3) is 0.240. The molecule has 1 unspecified atom stereocenters. The summed E-state index contributed by atoms with van der Waals surface area (Å²) in [4.78, 5) is 34.1. The molecule has 2 aliphatic heterocycles. The fourth-order valence-electron chi connectivity index (χ4n) is 3.95. The minimum absolute atomic E-state index is 0.0515. The Hall–Kier alpha value is -4.49. The van der Waals surface area contributed by atoms with Gasteiger partial charge in [-0.25, -0.2) is 9.78 Å². The van der Waals surface area contributed by atoms with Gasteiger partial charge in [-0.3, -0.25) is 14.7 Å². The second-order valence-electron chi connectivity index (χ2n) is 8.18. The standard InChI is InChI=1S/C25H22N6O4/c26-12-16-2-1-3-18(10-16)20-11-17(6-9-28-20)13-27-8-7-19-14-31(25(33)35-19)22-5-4-21-24(29-22)30-23(32)15-34-21/h1-6,9-11,19,27H,7-8,13-15H2,(H,29,30,32). The predicted octanol–water partition coefficient (Wildman–Crippen LogP) is 2.85. The fourth-order valence-corrected chi connectivity index (χ4v) is 3.95. The van der Waals surface area contributed by atoms with Gasteiger partial charge < -0.3 is 20.1 Å². The van der Waals surface area contributed by atoms with E-state index in [1.165, 1.54) is 4.90 Å². The average molecular weight is 470 g/mol. The lowest BCUT2D eigenvalue weighted by Gasteiger charge is -2.19. The van der Waals surface area contributed by atoms with Gasteiger partial charge in [-0.1, -0.05) is 12.1 Å². The Morgan fingerprint density at radius 1 is 1.20 bits per heavy atom. The van der Waals surface area contributed by atoms with Gasteiger partial charge in [0.15, 0.2) is 18.2 Å². The van der Waals surface area contributed by atoms with Crippen LogP contribution >= 0.6 is 0 Å². The normalized spacial score (nSPS) is 16.7. The van der Waals surface area contributed by atoms with Gasteiger partial charge in [0.2, 0.25) is 0 Å². The molecule has 1 saturated heterocycles. The van der Waals surface area contributed by atoms with Crippen molar-refractivity contribution in [3.63, 3.8) is 0 Å². The van der Waals surface area contributed by atoms with E-state index in [1.807, 2.05) is 30.3 Å². The number of rotatable bonds is 7. The number of pyridine rings is 2. The minimum Gasteiger partial charge on any atom is -0.480 e. The molecule has 0 radical (unpaired) electrons. The molecular formula is C25H22N6O4. The van der Waals surface area contributed by atoms with Crippen molar-refractivity contribution in [3.8, 4) is 23.1 Å². The van der Waals surface area contributed by atoms with Crippen molar-refractivity contribution in [2.45, 2.75) is 19.1 Å². The number of nitrogens with zero attached hydrogens (tertiary/aromatic N) is 4. The van der Waals surface area contributed by atoms with E-state index in [0.717, 1.165) is 16.8 Å². The highest BCUT2D eigenvalue weighted by molar-refractivity contribution is 5.95. The summed E-state index contributed by atoms with van der Waals surface area (Å²) in [6.07, 6.45) is 1.64. The zero-order valence-corrected chi connectivity index (χ0v) is 18.7. The zero-order valence-electron chi connectivity index (χ0n) is 18.7. The lowest BCUT2D eigenvalue weighted by Crippen LogP contribution is -2.29. The number of nitrogens with one attached hydrogen (secondary N) is 2. The van der Waals surface area contributed by atoms with Crippen molar-refractivity contribution in [3.05, 3.63) is 65.9 Å². The SMILES string of the molecule is N#Cc1cccc(-c2cc(CNCCC3CN(c4ccc5c(n4)NC(=O)CO5)C(=O)O3)ccn2)c1. The molecule has 176 valence electrons. The van der Waals surface area contributed by atoms with Gasteiger partial charge in [0.25, 0.3) is 5.91 Å². The molecule has 0 saturated carbocycles. The first kappa shape index (κ1) is 22.3. The minimum atomic E-state index is -0.469. The molecule has 3 aromatic rings. The summed E-state index contributed by atoms with van der Waals surface area (Å²) in [5, 5.41) is 15.1. The molecule has 10 nitrogen and oxygen atoms in total. The van der Waals surface area contributed by atoms with Crippen LogP contribution in [0.4, 0.5) is 16.4 Å². The number of fused-ring (bicyclic) bond motifs is 1. The highest BCUT2D eigenvalue weighted by Crippen LogP contribution is 2.30. The van der Waals surface area contributed by atoms with Crippen LogP contribution in [0.1, 0.15) is 17.5 Å². The molecule has 5 rings (SSSR count). The molecule has 2 aromatic heterocycles. The quantitative estimate of drug-likeness (QED) is 0.504. The highest BCUT2D eigenvalue weighted by Gasteiger charge is 2.33. The topological polar surface area (TPSA) is 129 Å². The lowest BCUT2D eigenvalue weighted by molar-refractivity contribution is -0.118. The van der Waals surface area contributed by atoms with Crippen LogP contribution in [-0.4, -0.2) is 47.8 Å². The molecule has 10 heteroatoms. The lowest BCUT2D eigenvalue weighted by atomic mass is 10.1. The van der Waals surface area contributed by atoms with E-state index in [-0.39, 0.29) is 18.6 Å². The van der Waals surface area contributed by atoms with Crippen LogP contribution in [0.15, 0.2) is 54.7 Å². The van der Waals surface area contributed by atoms with Crippen LogP contribution in [0.25, 0.3) is 11.3 Å². The third-order valence-electron chi connectivity index (χ3n) is 5.69. The Balaban J connectivity index is 1.14. The number of aromatic nitrogens is 2. The molecule has 0 bridgehead atoms. The van der Waals surface area contributed by atoms with Crippen molar-refractivity contribution in [1.82, 2.24) is 15.3 Å². The number of carbonyl (C=O) groups excluding carboxylic acids is 2. The molecule has 1 aromatic carbocycles. The van der Waals surface area contributed by atoms with E-state index in [4.69, 9.17) is 14.7 Å². The second kappa shape index (κ2) is 9.79. The average Bonchev–Trinajstić information content (AvgIpc) is 3.26. The van der Waals surface area contributed by atoms with Crippen LogP contribution < -0.4 is 20.3 Å². The first-order valence-corrected chi connectivity index (χ1v) is 11.2. The molecule has 0 spiro atoms. The number of hydrogen-bond acceptors (Lipinski definition) is 8. The Labute approximate surface area is 201 Å². The highest BCUT2D eigenvalue weighted by atomic mass is 16.6. The first-order chi connectivity index (χ1) is 17.1. The summed E-state index contributed by atoms with van der Waals surface area (Å²) >= 11 is 0. The summed E-state index contributed by atoms with van der Waals surface area (Å²) < 4.78 is 10.8. The van der Waals surface area contributed by atoms with Crippen molar-refractivity contribution in [1.29, 1.82) is 5.26 Å². The number of cyclic esters (lactones) is 1. The number of anilines is 2. The summed E-state index contributed by atoms with van der Waals surface area (Å²) in [6, 6.07) is 16.8. The summed E-state index contributed by atoms with van der Waals surface area (Å²) in [7, 11) is 0. The maximum atomic E-state index is 12.4. The van der Waals surface area contributed by atoms with Gasteiger partial charge in [-0.05, 0) is 54.9 Å². The van der Waals surface area contributed by atoms with E-state index in [9.17, 15) is 9.59 Å². The molecule has 2 N–H and O–H groups in total. The third-order valence-corrected chi connectivity index (χ3v) is 5.69. The third kappa shape index (κ3) is 5.05. The zero-order chi connectivity index (χ0) is 24.2. The number of amides is 2. The molecule has 35 heavy (non-hydrogen) atoms. The van der Waals surface area contributed by atoms with E-state index in [0.29, 0.717) is 49.0 Å². The van der Waals surface area contributed by atoms with Crippen LogP contribution in [-0.2, 0) is 16.1 Å². The smallest absolute Gasteiger partial charge is 0.415 e. The van der Waals surface area contributed by atoms with Gasteiger partial charge in [0.05, 0.1) is 23.9 Å². The van der Waals surface area contributed by atoms with Crippen molar-refractivity contribution in [2.24, 2.45) is 0 Å². The first-order valence-electron chi connectivity index (χ1n) is 11.2. The van der Waals surface area contributed by atoms with Crippen molar-refractivity contribution >= 4 is 23.6 Å².